The normalized spacial score (nSPS) is 11.0. The predicted octanol–water partition coefficient (Wildman–Crippen LogP) is 3.69. The van der Waals surface area contributed by atoms with Gasteiger partial charge in [0, 0.05) is 28.2 Å². The lowest BCUT2D eigenvalue weighted by atomic mass is 10.0. The smallest absolute Gasteiger partial charge is 0.190 e. The second kappa shape index (κ2) is 5.14. The van der Waals surface area contributed by atoms with Crippen molar-refractivity contribution in [2.45, 2.75) is 0 Å². The Balaban J connectivity index is 1.97. The molecule has 0 aliphatic carbocycles. The van der Waals surface area contributed by atoms with Gasteiger partial charge in [0.2, 0.25) is 0 Å². The Bertz CT molecular complexity index is 1030. The van der Waals surface area contributed by atoms with Gasteiger partial charge in [0.1, 0.15) is 5.65 Å². The zero-order valence-electron chi connectivity index (χ0n) is 12.3. The first-order chi connectivity index (χ1) is 11.2. The minimum atomic E-state index is -0.0749. The van der Waals surface area contributed by atoms with E-state index in [1.54, 1.807) is 6.20 Å². The molecule has 2 aromatic heterocycles. The second-order valence-corrected chi connectivity index (χ2v) is 5.37. The SMILES string of the molecule is N=C(N)Nc1cccc(-c2ccnc3[nH]c4ccccc4c23)c1. The molecule has 0 amide bonds. The summed E-state index contributed by atoms with van der Waals surface area (Å²) in [5, 5.41) is 12.5. The molecule has 5 nitrogen and oxygen atoms in total. The molecular weight excluding hydrogens is 286 g/mol. The van der Waals surface area contributed by atoms with Gasteiger partial charge in [-0.2, -0.15) is 0 Å². The molecule has 0 saturated heterocycles. The number of benzene rings is 2. The minimum Gasteiger partial charge on any atom is -0.370 e. The van der Waals surface area contributed by atoms with E-state index in [-0.39, 0.29) is 5.96 Å². The zero-order valence-corrected chi connectivity index (χ0v) is 12.3. The van der Waals surface area contributed by atoms with Gasteiger partial charge in [0.25, 0.3) is 0 Å². The summed E-state index contributed by atoms with van der Waals surface area (Å²) in [4.78, 5) is 7.80. The molecule has 5 heteroatoms. The molecule has 0 saturated carbocycles. The van der Waals surface area contributed by atoms with Crippen LogP contribution in [0.15, 0.2) is 60.8 Å². The van der Waals surface area contributed by atoms with Crippen LogP contribution in [0.25, 0.3) is 33.1 Å². The number of rotatable bonds is 2. The quantitative estimate of drug-likeness (QED) is 0.336. The Morgan fingerprint density at radius 2 is 1.96 bits per heavy atom. The number of pyridine rings is 1. The summed E-state index contributed by atoms with van der Waals surface area (Å²) in [5.41, 5.74) is 10.3. The third kappa shape index (κ3) is 2.28. The number of para-hydroxylation sites is 1. The van der Waals surface area contributed by atoms with Gasteiger partial charge in [-0.1, -0.05) is 30.3 Å². The third-order valence-corrected chi connectivity index (χ3v) is 3.85. The monoisotopic (exact) mass is 301 g/mol. The van der Waals surface area contributed by atoms with E-state index in [2.05, 4.69) is 27.4 Å². The molecule has 0 aliphatic heterocycles. The summed E-state index contributed by atoms with van der Waals surface area (Å²) < 4.78 is 0. The van der Waals surface area contributed by atoms with Crippen LogP contribution in [-0.2, 0) is 0 Å². The number of aromatic amines is 1. The van der Waals surface area contributed by atoms with Crippen LogP contribution in [0.1, 0.15) is 0 Å². The number of hydrogen-bond acceptors (Lipinski definition) is 2. The highest BCUT2D eigenvalue weighted by Gasteiger charge is 2.11. The van der Waals surface area contributed by atoms with Crippen LogP contribution in [0.5, 0.6) is 0 Å². The van der Waals surface area contributed by atoms with Crippen LogP contribution >= 0.6 is 0 Å². The van der Waals surface area contributed by atoms with Crippen LogP contribution in [0.4, 0.5) is 5.69 Å². The first-order valence-electron chi connectivity index (χ1n) is 7.29. The number of fused-ring (bicyclic) bond motifs is 3. The highest BCUT2D eigenvalue weighted by Crippen LogP contribution is 2.34. The Kier molecular flexibility index (Phi) is 2.98. The van der Waals surface area contributed by atoms with E-state index in [1.807, 2.05) is 42.5 Å². The first kappa shape index (κ1) is 13.3. The van der Waals surface area contributed by atoms with Gasteiger partial charge < -0.3 is 16.0 Å². The molecule has 2 heterocycles. The van der Waals surface area contributed by atoms with Crippen molar-refractivity contribution >= 4 is 33.6 Å². The number of aromatic nitrogens is 2. The highest BCUT2D eigenvalue weighted by molar-refractivity contribution is 6.13. The van der Waals surface area contributed by atoms with Gasteiger partial charge in [-0.25, -0.2) is 4.98 Å². The molecule has 4 aromatic rings. The van der Waals surface area contributed by atoms with E-state index in [0.717, 1.165) is 38.8 Å². The lowest BCUT2D eigenvalue weighted by molar-refractivity contribution is 1.35. The topological polar surface area (TPSA) is 90.6 Å². The molecule has 23 heavy (non-hydrogen) atoms. The summed E-state index contributed by atoms with van der Waals surface area (Å²) in [6.45, 7) is 0. The maximum atomic E-state index is 7.37. The van der Waals surface area contributed by atoms with E-state index in [0.29, 0.717) is 0 Å². The van der Waals surface area contributed by atoms with Gasteiger partial charge in [-0.15, -0.1) is 0 Å². The third-order valence-electron chi connectivity index (χ3n) is 3.85. The fraction of sp³-hybridized carbons (Fsp3) is 0. The Labute approximate surface area is 132 Å². The van der Waals surface area contributed by atoms with Crippen molar-refractivity contribution < 1.29 is 0 Å². The molecule has 112 valence electrons. The second-order valence-electron chi connectivity index (χ2n) is 5.37. The van der Waals surface area contributed by atoms with Crippen LogP contribution in [0.2, 0.25) is 0 Å². The number of nitrogens with one attached hydrogen (secondary N) is 3. The standard InChI is InChI=1S/C18H15N5/c19-18(20)22-12-5-3-4-11(10-12)13-8-9-21-17-16(13)14-6-1-2-7-15(14)23-17/h1-10H,(H,21,23)(H4,19,20,22). The molecule has 0 spiro atoms. The van der Waals surface area contributed by atoms with Crippen molar-refractivity contribution in [3.63, 3.8) is 0 Å². The van der Waals surface area contributed by atoms with E-state index in [1.165, 1.54) is 0 Å². The lowest BCUT2D eigenvalue weighted by Crippen LogP contribution is -2.20. The van der Waals surface area contributed by atoms with Gasteiger partial charge in [0.15, 0.2) is 5.96 Å². The molecule has 0 fully saturated rings. The first-order valence-corrected chi connectivity index (χ1v) is 7.29. The van der Waals surface area contributed by atoms with E-state index in [9.17, 15) is 0 Å². The molecule has 0 aliphatic rings. The molecule has 0 unspecified atom stereocenters. The molecular formula is C18H15N5. The number of anilines is 1. The number of nitrogens with zero attached hydrogens (tertiary/aromatic N) is 1. The predicted molar refractivity (Wildman–Crippen MR) is 94.6 cm³/mol. The molecule has 4 rings (SSSR count). The number of H-pyrrole nitrogens is 1. The van der Waals surface area contributed by atoms with Crippen molar-refractivity contribution in [2.75, 3.05) is 5.32 Å². The fourth-order valence-corrected chi connectivity index (χ4v) is 2.93. The average Bonchev–Trinajstić information content (AvgIpc) is 2.93. The Hall–Kier alpha value is -3.34. The minimum absolute atomic E-state index is 0.0749. The molecule has 0 radical (unpaired) electrons. The summed E-state index contributed by atoms with van der Waals surface area (Å²) in [5.74, 6) is -0.0749. The summed E-state index contributed by atoms with van der Waals surface area (Å²) >= 11 is 0. The van der Waals surface area contributed by atoms with Gasteiger partial charge in [-0.3, -0.25) is 5.41 Å². The number of nitrogens with two attached hydrogens (primary N) is 1. The zero-order chi connectivity index (χ0) is 15.8. The molecule has 0 atom stereocenters. The number of guanidine groups is 1. The maximum absolute atomic E-state index is 7.37. The van der Waals surface area contributed by atoms with Crippen molar-refractivity contribution in [1.29, 1.82) is 5.41 Å². The molecule has 2 aromatic carbocycles. The highest BCUT2D eigenvalue weighted by atomic mass is 15.0. The largest absolute Gasteiger partial charge is 0.370 e. The maximum Gasteiger partial charge on any atom is 0.190 e. The lowest BCUT2D eigenvalue weighted by Gasteiger charge is -2.08. The summed E-state index contributed by atoms with van der Waals surface area (Å²) in [7, 11) is 0. The van der Waals surface area contributed by atoms with Crippen LogP contribution in [0, 0.1) is 5.41 Å². The van der Waals surface area contributed by atoms with Crippen LogP contribution in [-0.4, -0.2) is 15.9 Å². The van der Waals surface area contributed by atoms with E-state index >= 15 is 0 Å². The van der Waals surface area contributed by atoms with E-state index < -0.39 is 0 Å². The van der Waals surface area contributed by atoms with Crippen LogP contribution in [0.3, 0.4) is 0 Å². The van der Waals surface area contributed by atoms with Gasteiger partial charge in [-0.05, 0) is 35.4 Å². The van der Waals surface area contributed by atoms with Gasteiger partial charge >= 0.3 is 0 Å². The van der Waals surface area contributed by atoms with Crippen molar-refractivity contribution in [3.05, 3.63) is 60.8 Å². The van der Waals surface area contributed by atoms with Crippen molar-refractivity contribution in [3.8, 4) is 11.1 Å². The van der Waals surface area contributed by atoms with E-state index in [4.69, 9.17) is 11.1 Å². The summed E-state index contributed by atoms with van der Waals surface area (Å²) in [6, 6.07) is 18.1. The van der Waals surface area contributed by atoms with Gasteiger partial charge in [0.05, 0.1) is 0 Å². The Morgan fingerprint density at radius 3 is 2.83 bits per heavy atom. The Morgan fingerprint density at radius 1 is 1.09 bits per heavy atom. The van der Waals surface area contributed by atoms with Crippen molar-refractivity contribution in [1.82, 2.24) is 9.97 Å². The average molecular weight is 301 g/mol. The summed E-state index contributed by atoms with van der Waals surface area (Å²) in [6.07, 6.45) is 1.80. The van der Waals surface area contributed by atoms with Crippen molar-refractivity contribution in [2.24, 2.45) is 5.73 Å². The molecule has 0 bridgehead atoms. The molecule has 5 N–H and O–H groups in total. The number of hydrogen-bond donors (Lipinski definition) is 4. The van der Waals surface area contributed by atoms with Crippen LogP contribution < -0.4 is 11.1 Å². The fourth-order valence-electron chi connectivity index (χ4n) is 2.93.